The van der Waals surface area contributed by atoms with Gasteiger partial charge in [0.15, 0.2) is 0 Å². The zero-order valence-electron chi connectivity index (χ0n) is 10.3. The van der Waals surface area contributed by atoms with E-state index in [-0.39, 0.29) is 5.82 Å². The zero-order valence-corrected chi connectivity index (χ0v) is 10.3. The molecule has 1 aliphatic rings. The minimum absolute atomic E-state index is 0.255. The average molecular weight is 237 g/mol. The molecule has 0 saturated heterocycles. The maximum absolute atomic E-state index is 12.7. The Morgan fingerprint density at radius 2 is 2.00 bits per heavy atom. The van der Waals surface area contributed by atoms with Crippen LogP contribution in [-0.2, 0) is 0 Å². The summed E-state index contributed by atoms with van der Waals surface area (Å²) in [5.41, 5.74) is 0.804. The predicted molar refractivity (Wildman–Crippen MR) is 66.2 cm³/mol. The molecule has 0 radical (unpaired) electrons. The highest BCUT2D eigenvalue weighted by atomic mass is 19.1. The Balaban J connectivity index is 1.83. The highest BCUT2D eigenvalue weighted by Gasteiger charge is 2.27. The predicted octanol–water partition coefficient (Wildman–Crippen LogP) is 2.73. The van der Waals surface area contributed by atoms with E-state index in [0.717, 1.165) is 31.1 Å². The third kappa shape index (κ3) is 3.51. The van der Waals surface area contributed by atoms with Crippen molar-refractivity contribution >= 4 is 0 Å². The summed E-state index contributed by atoms with van der Waals surface area (Å²) in [7, 11) is 0. The van der Waals surface area contributed by atoms with Crippen LogP contribution in [-0.4, -0.2) is 29.1 Å². The average Bonchev–Trinajstić information content (AvgIpc) is 3.15. The van der Waals surface area contributed by atoms with Crippen LogP contribution >= 0.6 is 0 Å². The lowest BCUT2D eigenvalue weighted by Crippen LogP contribution is -2.27. The van der Waals surface area contributed by atoms with Crippen LogP contribution in [0, 0.1) is 5.82 Å². The van der Waals surface area contributed by atoms with Gasteiger partial charge in [-0.1, -0.05) is 19.1 Å². The molecule has 0 aliphatic heterocycles. The van der Waals surface area contributed by atoms with E-state index in [9.17, 15) is 9.50 Å². The van der Waals surface area contributed by atoms with Crippen molar-refractivity contribution < 1.29 is 9.50 Å². The number of hydrogen-bond donors (Lipinski definition) is 1. The van der Waals surface area contributed by atoms with Crippen molar-refractivity contribution in [3.05, 3.63) is 35.6 Å². The Morgan fingerprint density at radius 3 is 2.53 bits per heavy atom. The van der Waals surface area contributed by atoms with Crippen molar-refractivity contribution in [2.24, 2.45) is 0 Å². The first-order valence-electron chi connectivity index (χ1n) is 6.38. The minimum Gasteiger partial charge on any atom is -0.388 e. The van der Waals surface area contributed by atoms with E-state index in [1.165, 1.54) is 25.0 Å². The Kier molecular flexibility index (Phi) is 4.13. The van der Waals surface area contributed by atoms with Gasteiger partial charge in [0.1, 0.15) is 5.82 Å². The fourth-order valence-electron chi connectivity index (χ4n) is 2.18. The maximum atomic E-state index is 12.7. The molecular weight excluding hydrogens is 217 g/mol. The number of rotatable bonds is 6. The Morgan fingerprint density at radius 1 is 1.35 bits per heavy atom. The molecule has 1 aromatic rings. The van der Waals surface area contributed by atoms with E-state index in [0.29, 0.717) is 0 Å². The second-order valence-electron chi connectivity index (χ2n) is 4.72. The molecule has 2 rings (SSSR count). The van der Waals surface area contributed by atoms with Crippen LogP contribution in [0.4, 0.5) is 4.39 Å². The van der Waals surface area contributed by atoms with Crippen molar-refractivity contribution in [3.63, 3.8) is 0 Å². The number of aliphatic hydroxyl groups excluding tert-OH is 1. The van der Waals surface area contributed by atoms with Gasteiger partial charge in [0, 0.05) is 12.6 Å². The van der Waals surface area contributed by atoms with Crippen LogP contribution in [0.3, 0.4) is 0 Å². The molecule has 0 aromatic heterocycles. The lowest BCUT2D eigenvalue weighted by Gasteiger charge is -2.21. The van der Waals surface area contributed by atoms with Gasteiger partial charge in [-0.15, -0.1) is 0 Å². The minimum atomic E-state index is -0.483. The van der Waals surface area contributed by atoms with Crippen LogP contribution in [0.2, 0.25) is 0 Å². The van der Waals surface area contributed by atoms with Crippen LogP contribution in [0.1, 0.15) is 37.9 Å². The molecule has 3 heteroatoms. The Hall–Kier alpha value is -0.930. The highest BCUT2D eigenvalue weighted by Crippen LogP contribution is 2.27. The van der Waals surface area contributed by atoms with Crippen molar-refractivity contribution in [3.8, 4) is 0 Å². The molecule has 1 N–H and O–H groups in total. The molecule has 1 aromatic carbocycles. The first kappa shape index (κ1) is 12.5. The van der Waals surface area contributed by atoms with E-state index < -0.39 is 6.10 Å². The first-order valence-corrected chi connectivity index (χ1v) is 6.38. The maximum Gasteiger partial charge on any atom is 0.123 e. The molecule has 2 nitrogen and oxygen atoms in total. The van der Waals surface area contributed by atoms with Gasteiger partial charge < -0.3 is 10.0 Å². The molecule has 1 aliphatic carbocycles. The standard InChI is InChI=1S/C14H20FNO/c1-2-16(13-7-8-13)10-9-14(17)11-3-5-12(15)6-4-11/h3-6,13-14,17H,2,7-10H2,1H3. The zero-order chi connectivity index (χ0) is 12.3. The van der Waals surface area contributed by atoms with Gasteiger partial charge in [-0.2, -0.15) is 0 Å². The quantitative estimate of drug-likeness (QED) is 0.822. The molecule has 0 heterocycles. The molecule has 0 amide bonds. The topological polar surface area (TPSA) is 23.5 Å². The molecule has 0 bridgehead atoms. The largest absolute Gasteiger partial charge is 0.388 e. The van der Waals surface area contributed by atoms with Crippen LogP contribution in [0.15, 0.2) is 24.3 Å². The normalized spacial score (nSPS) is 17.4. The highest BCUT2D eigenvalue weighted by molar-refractivity contribution is 5.18. The lowest BCUT2D eigenvalue weighted by molar-refractivity contribution is 0.141. The van der Waals surface area contributed by atoms with Crippen LogP contribution < -0.4 is 0 Å². The fourth-order valence-corrected chi connectivity index (χ4v) is 2.18. The van der Waals surface area contributed by atoms with Gasteiger partial charge in [0.05, 0.1) is 6.10 Å². The van der Waals surface area contributed by atoms with E-state index in [1.54, 1.807) is 12.1 Å². The van der Waals surface area contributed by atoms with Crippen molar-refractivity contribution in [1.82, 2.24) is 4.90 Å². The fraction of sp³-hybridized carbons (Fsp3) is 0.571. The van der Waals surface area contributed by atoms with Gasteiger partial charge in [-0.05, 0) is 43.5 Å². The van der Waals surface area contributed by atoms with Gasteiger partial charge >= 0.3 is 0 Å². The summed E-state index contributed by atoms with van der Waals surface area (Å²) in [6.07, 6.45) is 2.82. The van der Waals surface area contributed by atoms with Gasteiger partial charge in [0.25, 0.3) is 0 Å². The lowest BCUT2D eigenvalue weighted by atomic mass is 10.1. The third-order valence-electron chi connectivity index (χ3n) is 3.41. The smallest absolute Gasteiger partial charge is 0.123 e. The van der Waals surface area contributed by atoms with E-state index in [1.807, 2.05) is 0 Å². The molecule has 17 heavy (non-hydrogen) atoms. The van der Waals surface area contributed by atoms with Crippen LogP contribution in [0.25, 0.3) is 0 Å². The summed E-state index contributed by atoms with van der Waals surface area (Å²) in [6.45, 7) is 4.11. The second kappa shape index (κ2) is 5.61. The first-order chi connectivity index (χ1) is 8.20. The molecular formula is C14H20FNO. The van der Waals surface area contributed by atoms with Gasteiger partial charge in [-0.25, -0.2) is 4.39 Å². The van der Waals surface area contributed by atoms with Crippen molar-refractivity contribution in [2.45, 2.75) is 38.3 Å². The monoisotopic (exact) mass is 237 g/mol. The summed E-state index contributed by atoms with van der Waals surface area (Å²) < 4.78 is 12.7. The molecule has 1 fully saturated rings. The number of halogens is 1. The van der Waals surface area contributed by atoms with E-state index in [2.05, 4.69) is 11.8 Å². The molecule has 1 saturated carbocycles. The molecule has 1 atom stereocenters. The second-order valence-corrected chi connectivity index (χ2v) is 4.72. The van der Waals surface area contributed by atoms with Gasteiger partial charge in [0.2, 0.25) is 0 Å². The van der Waals surface area contributed by atoms with Gasteiger partial charge in [-0.3, -0.25) is 0 Å². The summed E-state index contributed by atoms with van der Waals surface area (Å²) in [5.74, 6) is -0.255. The third-order valence-corrected chi connectivity index (χ3v) is 3.41. The Labute approximate surface area is 102 Å². The summed E-state index contributed by atoms with van der Waals surface area (Å²) in [6, 6.07) is 6.86. The number of benzene rings is 1. The molecule has 1 unspecified atom stereocenters. The summed E-state index contributed by atoms with van der Waals surface area (Å²) >= 11 is 0. The molecule has 94 valence electrons. The van der Waals surface area contributed by atoms with Crippen molar-refractivity contribution in [1.29, 1.82) is 0 Å². The summed E-state index contributed by atoms with van der Waals surface area (Å²) in [5, 5.41) is 10.0. The van der Waals surface area contributed by atoms with E-state index in [4.69, 9.17) is 0 Å². The van der Waals surface area contributed by atoms with Crippen LogP contribution in [0.5, 0.6) is 0 Å². The number of nitrogens with zero attached hydrogens (tertiary/aromatic N) is 1. The Bertz CT molecular complexity index is 348. The van der Waals surface area contributed by atoms with Crippen molar-refractivity contribution in [2.75, 3.05) is 13.1 Å². The number of aliphatic hydroxyl groups is 1. The van der Waals surface area contributed by atoms with E-state index >= 15 is 0 Å². The summed E-state index contributed by atoms with van der Waals surface area (Å²) in [4.78, 5) is 2.41. The molecule has 0 spiro atoms. The number of hydrogen-bond acceptors (Lipinski definition) is 2. The SMILES string of the molecule is CCN(CCC(O)c1ccc(F)cc1)C1CC1.